The summed E-state index contributed by atoms with van der Waals surface area (Å²) >= 11 is 0. The van der Waals surface area contributed by atoms with Crippen LogP contribution in [0.3, 0.4) is 0 Å². The van der Waals surface area contributed by atoms with Crippen LogP contribution in [-0.4, -0.2) is 96.7 Å². The lowest BCUT2D eigenvalue weighted by atomic mass is 10.0. The fourth-order valence-electron chi connectivity index (χ4n) is 11.4. The Hall–Kier alpha value is -1.94. The van der Waals surface area contributed by atoms with Gasteiger partial charge in [0, 0.05) is 25.7 Å². The quantitative estimate of drug-likeness (QED) is 0.0222. The van der Waals surface area contributed by atoms with Crippen molar-refractivity contribution in [2.75, 3.05) is 39.6 Å². The van der Waals surface area contributed by atoms with Crippen molar-refractivity contribution in [3.63, 3.8) is 0 Å². The zero-order valence-corrected chi connectivity index (χ0v) is 63.4. The molecule has 0 saturated carbocycles. The molecule has 0 aromatic heterocycles. The minimum Gasteiger partial charge on any atom is -0.462 e. The van der Waals surface area contributed by atoms with Gasteiger partial charge in [0.2, 0.25) is 0 Å². The van der Waals surface area contributed by atoms with E-state index in [1.165, 1.54) is 173 Å². The van der Waals surface area contributed by atoms with E-state index in [9.17, 15) is 43.2 Å². The molecule has 558 valence electrons. The molecule has 0 aromatic rings. The van der Waals surface area contributed by atoms with E-state index in [4.69, 9.17) is 37.0 Å². The first-order valence-electron chi connectivity index (χ1n) is 38.7. The first-order valence-corrected chi connectivity index (χ1v) is 41.7. The Labute approximate surface area is 575 Å². The molecule has 5 atom stereocenters. The summed E-state index contributed by atoms with van der Waals surface area (Å²) in [5.74, 6) is 0.873. The van der Waals surface area contributed by atoms with Gasteiger partial charge in [0.1, 0.15) is 19.3 Å². The molecule has 0 bridgehead atoms. The van der Waals surface area contributed by atoms with Crippen molar-refractivity contribution in [3.8, 4) is 0 Å². The van der Waals surface area contributed by atoms with Gasteiger partial charge >= 0.3 is 39.5 Å². The summed E-state index contributed by atoms with van der Waals surface area (Å²) in [6.45, 7) is 14.1. The molecule has 0 fully saturated rings. The van der Waals surface area contributed by atoms with Gasteiger partial charge in [-0.25, -0.2) is 9.13 Å². The van der Waals surface area contributed by atoms with E-state index in [2.05, 4.69) is 55.4 Å². The van der Waals surface area contributed by atoms with E-state index < -0.39 is 97.5 Å². The van der Waals surface area contributed by atoms with Gasteiger partial charge in [-0.1, -0.05) is 325 Å². The van der Waals surface area contributed by atoms with Crippen LogP contribution in [0.25, 0.3) is 0 Å². The van der Waals surface area contributed by atoms with Gasteiger partial charge in [-0.15, -0.1) is 0 Å². The monoisotopic (exact) mass is 1380 g/mol. The molecule has 94 heavy (non-hydrogen) atoms. The molecule has 0 amide bonds. The topological polar surface area (TPSA) is 237 Å². The maximum absolute atomic E-state index is 13.1. The van der Waals surface area contributed by atoms with Crippen LogP contribution in [0, 0.1) is 23.7 Å². The van der Waals surface area contributed by atoms with Crippen molar-refractivity contribution in [1.82, 2.24) is 0 Å². The molecule has 0 saturated heterocycles. The van der Waals surface area contributed by atoms with E-state index in [0.29, 0.717) is 31.6 Å². The molecular formula is C75H146O17P2. The van der Waals surface area contributed by atoms with Gasteiger partial charge < -0.3 is 33.8 Å². The molecule has 0 radical (unpaired) electrons. The van der Waals surface area contributed by atoms with Crippen LogP contribution in [0.4, 0.5) is 0 Å². The van der Waals surface area contributed by atoms with Crippen LogP contribution in [0.2, 0.25) is 0 Å². The van der Waals surface area contributed by atoms with E-state index >= 15 is 0 Å². The van der Waals surface area contributed by atoms with Crippen molar-refractivity contribution in [1.29, 1.82) is 0 Å². The number of carbonyl (C=O) groups is 4. The summed E-state index contributed by atoms with van der Waals surface area (Å²) in [7, 11) is -9.91. The number of phosphoric acid groups is 2. The van der Waals surface area contributed by atoms with Crippen molar-refractivity contribution >= 4 is 39.5 Å². The van der Waals surface area contributed by atoms with Crippen molar-refractivity contribution < 1.29 is 80.2 Å². The highest BCUT2D eigenvalue weighted by Crippen LogP contribution is 2.45. The third-order valence-corrected chi connectivity index (χ3v) is 19.2. The summed E-state index contributed by atoms with van der Waals surface area (Å²) in [4.78, 5) is 72.7. The predicted molar refractivity (Wildman–Crippen MR) is 381 cm³/mol. The van der Waals surface area contributed by atoms with Crippen molar-refractivity contribution in [2.24, 2.45) is 23.7 Å². The molecule has 2 unspecified atom stereocenters. The third-order valence-electron chi connectivity index (χ3n) is 17.3. The number of ether oxygens (including phenoxy) is 4. The Morgan fingerprint density at radius 3 is 0.660 bits per heavy atom. The second kappa shape index (κ2) is 64.4. The number of carbonyl (C=O) groups excluding carboxylic acids is 4. The van der Waals surface area contributed by atoms with Gasteiger partial charge in [-0.2, -0.15) is 0 Å². The van der Waals surface area contributed by atoms with Crippen LogP contribution in [-0.2, 0) is 65.4 Å². The van der Waals surface area contributed by atoms with Crippen LogP contribution in [0.1, 0.15) is 376 Å². The van der Waals surface area contributed by atoms with Gasteiger partial charge in [-0.05, 0) is 49.4 Å². The van der Waals surface area contributed by atoms with Gasteiger partial charge in [0.05, 0.1) is 26.4 Å². The summed E-state index contributed by atoms with van der Waals surface area (Å²) < 4.78 is 68.4. The van der Waals surface area contributed by atoms with Gasteiger partial charge in [-0.3, -0.25) is 37.3 Å². The Kier molecular flexibility index (Phi) is 63.1. The molecule has 0 heterocycles. The fraction of sp³-hybridized carbons (Fsp3) is 0.947. The summed E-state index contributed by atoms with van der Waals surface area (Å²) in [5.41, 5.74) is 0. The average molecular weight is 1380 g/mol. The van der Waals surface area contributed by atoms with Crippen LogP contribution in [0.15, 0.2) is 0 Å². The summed E-state index contributed by atoms with van der Waals surface area (Å²) in [6.07, 6.45) is 48.8. The SMILES string of the molecule is CC(C)CCCCCCCCCCCCCCCCCCC(=O)O[C@H](COC(=O)CCCCCCCCCCCC(C)C)COP(=O)(O)OC[C@@H](O)COP(=O)(O)OC[C@@H](COC(=O)CCCCCCCCC(C)C)OC(=O)CCCCCCCCCCCCCC(C)C. The number of hydrogen-bond acceptors (Lipinski definition) is 15. The first-order chi connectivity index (χ1) is 45.1. The highest BCUT2D eigenvalue weighted by molar-refractivity contribution is 7.47. The lowest BCUT2D eigenvalue weighted by molar-refractivity contribution is -0.161. The lowest BCUT2D eigenvalue weighted by Gasteiger charge is -2.21. The van der Waals surface area contributed by atoms with Crippen molar-refractivity contribution in [2.45, 2.75) is 395 Å². The number of hydrogen-bond donors (Lipinski definition) is 3. The lowest BCUT2D eigenvalue weighted by Crippen LogP contribution is -2.30. The maximum Gasteiger partial charge on any atom is 0.472 e. The Morgan fingerprint density at radius 2 is 0.447 bits per heavy atom. The summed E-state index contributed by atoms with van der Waals surface area (Å²) in [6, 6.07) is 0. The number of aliphatic hydroxyl groups excluding tert-OH is 1. The van der Waals surface area contributed by atoms with Crippen LogP contribution in [0.5, 0.6) is 0 Å². The second-order valence-corrected chi connectivity index (χ2v) is 31.9. The number of esters is 4. The van der Waals surface area contributed by atoms with E-state index in [0.717, 1.165) is 114 Å². The van der Waals surface area contributed by atoms with Crippen LogP contribution >= 0.6 is 15.6 Å². The molecule has 0 rings (SSSR count). The van der Waals surface area contributed by atoms with E-state index in [1.54, 1.807) is 0 Å². The largest absolute Gasteiger partial charge is 0.472 e. The molecule has 0 aliphatic carbocycles. The van der Waals surface area contributed by atoms with Crippen molar-refractivity contribution in [3.05, 3.63) is 0 Å². The molecule has 0 spiro atoms. The number of phosphoric ester groups is 2. The number of aliphatic hydroxyl groups is 1. The normalized spacial score (nSPS) is 14.2. The minimum absolute atomic E-state index is 0.105. The summed E-state index contributed by atoms with van der Waals surface area (Å²) in [5, 5.41) is 10.6. The minimum atomic E-state index is -4.96. The molecule has 17 nitrogen and oxygen atoms in total. The maximum atomic E-state index is 13.1. The second-order valence-electron chi connectivity index (χ2n) is 28.9. The zero-order chi connectivity index (χ0) is 69.6. The molecule has 3 N–H and O–H groups in total. The molecule has 0 aliphatic heterocycles. The number of rotatable bonds is 72. The Morgan fingerprint density at radius 1 is 0.266 bits per heavy atom. The van der Waals surface area contributed by atoms with Gasteiger partial charge in [0.25, 0.3) is 0 Å². The third kappa shape index (κ3) is 68.6. The standard InChI is InChI=1S/C75H146O17P2/c1-65(2)51-43-35-27-21-16-13-11-9-10-12-14-18-24-31-41-49-57-74(79)91-70(61-85-72(77)55-47-39-30-26-20-23-29-37-45-53-67(5)6)63-89-93(81,82)87-59-69(76)60-88-94(83,84)90-64-71(62-86-73(78)56-48-40-34-33-38-46-54-68(7)8)92-75(80)58-50-42-32-25-19-15-17-22-28-36-44-52-66(3)4/h65-71,76H,9-64H2,1-8H3,(H,81,82)(H,83,84)/t69-,70-,71-/m1/s1. The van der Waals surface area contributed by atoms with Gasteiger partial charge in [0.15, 0.2) is 12.2 Å². The Balaban J connectivity index is 5.22. The van der Waals surface area contributed by atoms with E-state index in [-0.39, 0.29) is 25.7 Å². The molecule has 0 aromatic carbocycles. The first kappa shape index (κ1) is 92.1. The highest BCUT2D eigenvalue weighted by atomic mass is 31.2. The van der Waals surface area contributed by atoms with E-state index in [1.807, 2.05) is 0 Å². The Bertz CT molecular complexity index is 1850. The predicted octanol–water partition coefficient (Wildman–Crippen LogP) is 21.7. The average Bonchev–Trinajstić information content (AvgIpc) is 2.52. The highest BCUT2D eigenvalue weighted by Gasteiger charge is 2.30. The number of unbranched alkanes of at least 4 members (excludes halogenated alkanes) is 38. The van der Waals surface area contributed by atoms with Crippen LogP contribution < -0.4 is 0 Å². The molecule has 19 heteroatoms. The zero-order valence-electron chi connectivity index (χ0n) is 61.6. The molecule has 0 aliphatic rings. The fourth-order valence-corrected chi connectivity index (χ4v) is 13.0. The molecular weight excluding hydrogens is 1230 g/mol. The smallest absolute Gasteiger partial charge is 0.462 e.